The minimum absolute atomic E-state index is 0.0813. The maximum absolute atomic E-state index is 12.1. The monoisotopic (exact) mass is 291 g/mol. The van der Waals surface area contributed by atoms with Gasteiger partial charge in [0.2, 0.25) is 10.0 Å². The molecule has 0 saturated carbocycles. The molecule has 0 radical (unpaired) electrons. The summed E-state index contributed by atoms with van der Waals surface area (Å²) in [6, 6.07) is 0. The maximum atomic E-state index is 12.1. The van der Waals surface area contributed by atoms with Crippen molar-refractivity contribution in [3.8, 4) is 0 Å². The molecule has 0 spiro atoms. The molecule has 1 heterocycles. The van der Waals surface area contributed by atoms with Crippen LogP contribution in [-0.2, 0) is 19.6 Å². The Labute approximate surface area is 116 Å². The summed E-state index contributed by atoms with van der Waals surface area (Å²) in [5.41, 5.74) is 0. The van der Waals surface area contributed by atoms with Crippen molar-refractivity contribution in [1.82, 2.24) is 4.31 Å². The summed E-state index contributed by atoms with van der Waals surface area (Å²) in [5, 5.41) is 0. The summed E-state index contributed by atoms with van der Waals surface area (Å²) >= 11 is 0. The first kappa shape index (κ1) is 16.6. The quantitative estimate of drug-likeness (QED) is 0.739. The summed E-state index contributed by atoms with van der Waals surface area (Å²) in [7, 11) is -1.60. The van der Waals surface area contributed by atoms with E-state index < -0.39 is 10.0 Å². The number of nitrogens with zero attached hydrogens (tertiary/aromatic N) is 1. The van der Waals surface area contributed by atoms with Crippen molar-refractivity contribution < 1.29 is 17.9 Å². The van der Waals surface area contributed by atoms with Gasteiger partial charge in [-0.1, -0.05) is 13.8 Å². The Hall–Kier alpha value is -0.460. The summed E-state index contributed by atoms with van der Waals surface area (Å²) in [6.45, 7) is 4.94. The SMILES string of the molecule is COC(C(=O)CC1CCCN(S(C)(=O)=O)C1)C(C)C. The lowest BCUT2D eigenvalue weighted by Crippen LogP contribution is -2.41. The van der Waals surface area contributed by atoms with Gasteiger partial charge in [-0.15, -0.1) is 0 Å². The molecule has 0 bridgehead atoms. The van der Waals surface area contributed by atoms with Crippen LogP contribution in [0.5, 0.6) is 0 Å². The van der Waals surface area contributed by atoms with Gasteiger partial charge < -0.3 is 4.74 Å². The third kappa shape index (κ3) is 4.85. The van der Waals surface area contributed by atoms with E-state index in [4.69, 9.17) is 4.74 Å². The number of carbonyl (C=O) groups excluding carboxylic acids is 1. The fourth-order valence-electron chi connectivity index (χ4n) is 2.67. The molecule has 112 valence electrons. The van der Waals surface area contributed by atoms with Crippen molar-refractivity contribution in [2.75, 3.05) is 26.5 Å². The lowest BCUT2D eigenvalue weighted by Gasteiger charge is -2.31. The van der Waals surface area contributed by atoms with Crippen molar-refractivity contribution in [2.24, 2.45) is 11.8 Å². The molecular weight excluding hydrogens is 266 g/mol. The third-order valence-electron chi connectivity index (χ3n) is 3.62. The van der Waals surface area contributed by atoms with E-state index in [-0.39, 0.29) is 23.7 Å². The van der Waals surface area contributed by atoms with E-state index in [9.17, 15) is 13.2 Å². The van der Waals surface area contributed by atoms with Crippen LogP contribution in [0.4, 0.5) is 0 Å². The van der Waals surface area contributed by atoms with E-state index in [1.807, 2.05) is 13.8 Å². The van der Waals surface area contributed by atoms with Crippen molar-refractivity contribution in [3.63, 3.8) is 0 Å². The smallest absolute Gasteiger partial charge is 0.211 e. The van der Waals surface area contributed by atoms with Crippen LogP contribution in [0.1, 0.15) is 33.1 Å². The Bertz CT molecular complexity index is 405. The maximum Gasteiger partial charge on any atom is 0.211 e. The van der Waals surface area contributed by atoms with Gasteiger partial charge in [0, 0.05) is 26.6 Å². The zero-order valence-corrected chi connectivity index (χ0v) is 13.1. The second-order valence-electron chi connectivity index (χ2n) is 5.70. The van der Waals surface area contributed by atoms with E-state index in [2.05, 4.69) is 0 Å². The number of rotatable bonds is 6. The summed E-state index contributed by atoms with van der Waals surface area (Å²) in [4.78, 5) is 12.1. The molecule has 19 heavy (non-hydrogen) atoms. The number of sulfonamides is 1. The van der Waals surface area contributed by atoms with Crippen LogP contribution in [0.3, 0.4) is 0 Å². The average molecular weight is 291 g/mol. The van der Waals surface area contributed by atoms with E-state index in [1.165, 1.54) is 10.6 Å². The second kappa shape index (κ2) is 6.81. The predicted octanol–water partition coefficient (Wildman–Crippen LogP) is 1.29. The Kier molecular flexibility index (Phi) is 5.95. The molecule has 1 fully saturated rings. The number of carbonyl (C=O) groups is 1. The average Bonchev–Trinajstić information content (AvgIpc) is 2.28. The standard InChI is InChI=1S/C13H25NO4S/c1-10(2)13(18-3)12(15)8-11-6-5-7-14(9-11)19(4,16)17/h10-11,13H,5-9H2,1-4H3. The molecule has 1 aliphatic heterocycles. The Balaban J connectivity index is 2.60. The van der Waals surface area contributed by atoms with Crippen LogP contribution in [0.2, 0.25) is 0 Å². The fourth-order valence-corrected chi connectivity index (χ4v) is 3.61. The fraction of sp³-hybridized carbons (Fsp3) is 0.923. The minimum Gasteiger partial charge on any atom is -0.373 e. The predicted molar refractivity (Wildman–Crippen MR) is 74.4 cm³/mol. The van der Waals surface area contributed by atoms with Gasteiger partial charge in [0.1, 0.15) is 6.10 Å². The number of ether oxygens (including phenoxy) is 1. The number of ketones is 1. The highest BCUT2D eigenvalue weighted by Crippen LogP contribution is 2.23. The van der Waals surface area contributed by atoms with Gasteiger partial charge in [0.15, 0.2) is 5.78 Å². The highest BCUT2D eigenvalue weighted by Gasteiger charge is 2.30. The number of hydrogen-bond donors (Lipinski definition) is 0. The molecule has 1 saturated heterocycles. The first-order valence-corrected chi connectivity index (χ1v) is 8.61. The first-order chi connectivity index (χ1) is 8.75. The van der Waals surface area contributed by atoms with Crippen LogP contribution < -0.4 is 0 Å². The second-order valence-corrected chi connectivity index (χ2v) is 7.68. The van der Waals surface area contributed by atoms with Gasteiger partial charge in [0.05, 0.1) is 6.26 Å². The van der Waals surface area contributed by atoms with Gasteiger partial charge in [-0.2, -0.15) is 0 Å². The van der Waals surface area contributed by atoms with Crippen molar-refractivity contribution >= 4 is 15.8 Å². The van der Waals surface area contributed by atoms with E-state index in [0.29, 0.717) is 19.5 Å². The highest BCUT2D eigenvalue weighted by molar-refractivity contribution is 7.88. The number of methoxy groups -OCH3 is 1. The molecule has 6 heteroatoms. The van der Waals surface area contributed by atoms with E-state index >= 15 is 0 Å². The highest BCUT2D eigenvalue weighted by atomic mass is 32.2. The first-order valence-electron chi connectivity index (χ1n) is 6.76. The van der Waals surface area contributed by atoms with Crippen molar-refractivity contribution in [2.45, 2.75) is 39.2 Å². The zero-order chi connectivity index (χ0) is 14.6. The Morgan fingerprint density at radius 3 is 2.53 bits per heavy atom. The van der Waals surface area contributed by atoms with E-state index in [0.717, 1.165) is 12.8 Å². The lowest BCUT2D eigenvalue weighted by molar-refractivity contribution is -0.132. The molecule has 0 aromatic carbocycles. The van der Waals surface area contributed by atoms with Crippen LogP contribution in [0, 0.1) is 11.8 Å². The van der Waals surface area contributed by atoms with E-state index in [1.54, 1.807) is 7.11 Å². The number of piperidine rings is 1. The van der Waals surface area contributed by atoms with Gasteiger partial charge in [-0.05, 0) is 24.7 Å². The number of Topliss-reactive ketones (excluding diaryl/α,β-unsaturated/α-hetero) is 1. The van der Waals surface area contributed by atoms with Gasteiger partial charge in [-0.3, -0.25) is 4.79 Å². The van der Waals surface area contributed by atoms with Crippen LogP contribution in [0.25, 0.3) is 0 Å². The van der Waals surface area contributed by atoms with Crippen molar-refractivity contribution in [1.29, 1.82) is 0 Å². The van der Waals surface area contributed by atoms with Crippen LogP contribution in [-0.4, -0.2) is 51.1 Å². The molecule has 2 atom stereocenters. The minimum atomic E-state index is -3.15. The summed E-state index contributed by atoms with van der Waals surface area (Å²) < 4.78 is 29.8. The molecule has 0 aliphatic carbocycles. The van der Waals surface area contributed by atoms with Crippen molar-refractivity contribution in [3.05, 3.63) is 0 Å². The molecular formula is C13H25NO4S. The molecule has 2 unspecified atom stereocenters. The summed E-state index contributed by atoms with van der Waals surface area (Å²) in [6.07, 6.45) is 2.98. The molecule has 5 nitrogen and oxygen atoms in total. The van der Waals surface area contributed by atoms with Gasteiger partial charge in [-0.25, -0.2) is 12.7 Å². The lowest BCUT2D eigenvalue weighted by atomic mass is 9.90. The number of hydrogen-bond acceptors (Lipinski definition) is 4. The zero-order valence-electron chi connectivity index (χ0n) is 12.3. The van der Waals surface area contributed by atoms with Crippen LogP contribution >= 0.6 is 0 Å². The summed E-state index contributed by atoms with van der Waals surface area (Å²) in [5.74, 6) is 0.345. The molecule has 0 amide bonds. The van der Waals surface area contributed by atoms with Gasteiger partial charge >= 0.3 is 0 Å². The molecule has 1 aliphatic rings. The molecule has 0 aromatic heterocycles. The Morgan fingerprint density at radius 1 is 1.42 bits per heavy atom. The molecule has 0 aromatic rings. The topological polar surface area (TPSA) is 63.7 Å². The molecule has 1 rings (SSSR count). The largest absolute Gasteiger partial charge is 0.373 e. The van der Waals surface area contributed by atoms with Crippen LogP contribution in [0.15, 0.2) is 0 Å². The third-order valence-corrected chi connectivity index (χ3v) is 4.89. The normalized spacial score (nSPS) is 23.5. The molecule has 0 N–H and O–H groups in total. The van der Waals surface area contributed by atoms with Gasteiger partial charge in [0.25, 0.3) is 0 Å². The Morgan fingerprint density at radius 2 is 2.05 bits per heavy atom.